The molecule has 2 rings (SSSR count). The van der Waals surface area contributed by atoms with Gasteiger partial charge in [-0.1, -0.05) is 48.5 Å². The van der Waals surface area contributed by atoms with Crippen molar-refractivity contribution in [1.82, 2.24) is 10.6 Å². The van der Waals surface area contributed by atoms with Crippen molar-refractivity contribution in [3.63, 3.8) is 0 Å². The number of aliphatic carboxylic acids is 1. The Morgan fingerprint density at radius 3 is 2.03 bits per heavy atom. The van der Waals surface area contributed by atoms with Crippen molar-refractivity contribution in [2.75, 3.05) is 0 Å². The van der Waals surface area contributed by atoms with E-state index in [0.717, 1.165) is 11.6 Å². The number of carboxylic acid groups (broad SMARTS) is 1. The van der Waals surface area contributed by atoms with E-state index in [1.54, 1.807) is 6.92 Å². The van der Waals surface area contributed by atoms with E-state index in [1.165, 1.54) is 18.2 Å². The summed E-state index contributed by atoms with van der Waals surface area (Å²) >= 11 is 0. The molecule has 0 aliphatic carbocycles. The normalized spacial score (nSPS) is 13.2. The van der Waals surface area contributed by atoms with Gasteiger partial charge >= 0.3 is 12.1 Å². The molecule has 2 aromatic carbocycles. The molecule has 0 unspecified atom stereocenters. The van der Waals surface area contributed by atoms with Gasteiger partial charge in [-0.15, -0.1) is 0 Å². The molecule has 0 fully saturated rings. The predicted octanol–water partition coefficient (Wildman–Crippen LogP) is 3.47. The van der Waals surface area contributed by atoms with E-state index in [-0.39, 0.29) is 24.4 Å². The van der Waals surface area contributed by atoms with E-state index in [1.807, 2.05) is 30.3 Å². The fraction of sp³-hybridized carbons (Fsp3) is 0.318. The van der Waals surface area contributed by atoms with Crippen molar-refractivity contribution >= 4 is 17.8 Å². The molecule has 6 nitrogen and oxygen atoms in total. The Hall–Kier alpha value is -3.36. The number of hydrogen-bond donors (Lipinski definition) is 3. The summed E-state index contributed by atoms with van der Waals surface area (Å²) in [5.41, 5.74) is -0.309. The molecule has 0 aromatic heterocycles. The molecular weight excluding hydrogens is 413 g/mol. The first-order valence-corrected chi connectivity index (χ1v) is 9.59. The Morgan fingerprint density at radius 1 is 0.903 bits per heavy atom. The minimum Gasteiger partial charge on any atom is -0.480 e. The summed E-state index contributed by atoms with van der Waals surface area (Å²) in [5, 5.41) is 14.3. The van der Waals surface area contributed by atoms with Crippen LogP contribution < -0.4 is 10.6 Å². The van der Waals surface area contributed by atoms with Crippen molar-refractivity contribution in [2.24, 2.45) is 0 Å². The molecule has 2 aromatic rings. The van der Waals surface area contributed by atoms with Crippen LogP contribution in [0.2, 0.25) is 0 Å². The van der Waals surface area contributed by atoms with Gasteiger partial charge in [0.25, 0.3) is 0 Å². The van der Waals surface area contributed by atoms with Crippen LogP contribution in [-0.2, 0) is 27.0 Å². The molecule has 0 aliphatic heterocycles. The molecule has 0 saturated carbocycles. The maximum Gasteiger partial charge on any atom is 0.416 e. The van der Waals surface area contributed by atoms with E-state index in [9.17, 15) is 32.7 Å². The molecule has 3 N–H and O–H groups in total. The van der Waals surface area contributed by atoms with Gasteiger partial charge in [0, 0.05) is 19.3 Å². The van der Waals surface area contributed by atoms with Crippen LogP contribution in [0.15, 0.2) is 54.6 Å². The third-order valence-electron chi connectivity index (χ3n) is 4.64. The summed E-state index contributed by atoms with van der Waals surface area (Å²) in [7, 11) is 0. The van der Waals surface area contributed by atoms with Gasteiger partial charge in [-0.25, -0.2) is 4.79 Å². The first-order chi connectivity index (χ1) is 14.6. The van der Waals surface area contributed by atoms with Gasteiger partial charge in [0.05, 0.1) is 11.6 Å². The van der Waals surface area contributed by atoms with Crippen molar-refractivity contribution in [3.8, 4) is 0 Å². The first-order valence-electron chi connectivity index (χ1n) is 9.59. The number of amides is 2. The standard InChI is InChI=1S/C22H23F3N2O4/c1-14(15-7-3-2-4-8-15)26-19(28)11-12-20(29)27-18(21(30)31)13-16-9-5-6-10-17(16)22(23,24)25/h2-10,14,18H,11-13H2,1H3,(H,26,28)(H,27,29)(H,30,31)/t14-,18-/m1/s1. The zero-order chi connectivity index (χ0) is 23.0. The summed E-state index contributed by atoms with van der Waals surface area (Å²) in [4.78, 5) is 35.6. The second-order valence-electron chi connectivity index (χ2n) is 7.02. The van der Waals surface area contributed by atoms with Crippen molar-refractivity contribution in [1.29, 1.82) is 0 Å². The molecule has 9 heteroatoms. The zero-order valence-electron chi connectivity index (χ0n) is 16.8. The number of carboxylic acids is 1. The van der Waals surface area contributed by atoms with Crippen molar-refractivity contribution in [2.45, 2.75) is 44.4 Å². The summed E-state index contributed by atoms with van der Waals surface area (Å²) in [5.74, 6) is -2.60. The quantitative estimate of drug-likeness (QED) is 0.561. The average Bonchev–Trinajstić information content (AvgIpc) is 2.72. The second kappa shape index (κ2) is 10.6. The highest BCUT2D eigenvalue weighted by atomic mass is 19.4. The molecule has 2 atom stereocenters. The van der Waals surface area contributed by atoms with Crippen LogP contribution in [0.25, 0.3) is 0 Å². The highest BCUT2D eigenvalue weighted by molar-refractivity contribution is 5.87. The number of alkyl halides is 3. The minimum absolute atomic E-state index is 0.186. The minimum atomic E-state index is -4.64. The Kier molecular flexibility index (Phi) is 8.18. The van der Waals surface area contributed by atoms with Gasteiger partial charge in [-0.3, -0.25) is 9.59 Å². The van der Waals surface area contributed by atoms with Crippen LogP contribution in [0.5, 0.6) is 0 Å². The maximum absolute atomic E-state index is 13.1. The van der Waals surface area contributed by atoms with Crippen LogP contribution in [0, 0.1) is 0 Å². The van der Waals surface area contributed by atoms with Gasteiger partial charge in [0.1, 0.15) is 6.04 Å². The third kappa shape index (κ3) is 7.44. The number of hydrogen-bond acceptors (Lipinski definition) is 3. The highest BCUT2D eigenvalue weighted by Crippen LogP contribution is 2.32. The van der Waals surface area contributed by atoms with E-state index in [0.29, 0.717) is 0 Å². The Bertz CT molecular complexity index is 916. The number of rotatable bonds is 9. The van der Waals surface area contributed by atoms with Gasteiger partial charge in [0.15, 0.2) is 0 Å². The number of halogens is 3. The lowest BCUT2D eigenvalue weighted by Gasteiger charge is -2.18. The predicted molar refractivity (Wildman–Crippen MR) is 107 cm³/mol. The third-order valence-corrected chi connectivity index (χ3v) is 4.64. The number of benzene rings is 2. The number of carbonyl (C=O) groups is 3. The lowest BCUT2D eigenvalue weighted by molar-refractivity contribution is -0.143. The van der Waals surface area contributed by atoms with Crippen molar-refractivity contribution in [3.05, 3.63) is 71.3 Å². The molecule has 2 amide bonds. The average molecular weight is 436 g/mol. The largest absolute Gasteiger partial charge is 0.480 e. The summed E-state index contributed by atoms with van der Waals surface area (Å²) < 4.78 is 39.4. The van der Waals surface area contributed by atoms with Crippen LogP contribution in [0.1, 0.15) is 42.5 Å². The SMILES string of the molecule is C[C@@H](NC(=O)CCC(=O)N[C@H](Cc1ccccc1C(F)(F)F)C(=O)O)c1ccccc1. The summed E-state index contributed by atoms with van der Waals surface area (Å²) in [6, 6.07) is 11.9. The molecule has 0 bridgehead atoms. The Morgan fingerprint density at radius 2 is 1.45 bits per heavy atom. The molecular formula is C22H23F3N2O4. The molecule has 0 radical (unpaired) electrons. The van der Waals surface area contributed by atoms with Crippen LogP contribution in [0.4, 0.5) is 13.2 Å². The van der Waals surface area contributed by atoms with Crippen LogP contribution in [0.3, 0.4) is 0 Å². The lowest BCUT2D eigenvalue weighted by Crippen LogP contribution is -2.43. The zero-order valence-corrected chi connectivity index (χ0v) is 16.8. The Labute approximate surface area is 177 Å². The highest BCUT2D eigenvalue weighted by Gasteiger charge is 2.34. The molecule has 166 valence electrons. The van der Waals surface area contributed by atoms with Gasteiger partial charge in [-0.05, 0) is 24.1 Å². The molecule has 0 aliphatic rings. The van der Waals surface area contributed by atoms with Crippen LogP contribution >= 0.6 is 0 Å². The first kappa shape index (κ1) is 23.9. The van der Waals surface area contributed by atoms with E-state index in [4.69, 9.17) is 0 Å². The van der Waals surface area contributed by atoms with E-state index >= 15 is 0 Å². The molecule has 0 saturated heterocycles. The fourth-order valence-corrected chi connectivity index (χ4v) is 3.03. The van der Waals surface area contributed by atoms with E-state index in [2.05, 4.69) is 10.6 Å². The van der Waals surface area contributed by atoms with Gasteiger partial charge < -0.3 is 15.7 Å². The van der Waals surface area contributed by atoms with Crippen molar-refractivity contribution < 1.29 is 32.7 Å². The number of nitrogens with one attached hydrogen (secondary N) is 2. The summed E-state index contributed by atoms with van der Waals surface area (Å²) in [6.07, 6.45) is -5.66. The van der Waals surface area contributed by atoms with Gasteiger partial charge in [0.2, 0.25) is 11.8 Å². The topological polar surface area (TPSA) is 95.5 Å². The second-order valence-corrected chi connectivity index (χ2v) is 7.02. The number of carbonyl (C=O) groups excluding carboxylic acids is 2. The maximum atomic E-state index is 13.1. The molecule has 0 heterocycles. The van der Waals surface area contributed by atoms with E-state index < -0.39 is 42.0 Å². The summed E-state index contributed by atoms with van der Waals surface area (Å²) in [6.45, 7) is 1.78. The lowest BCUT2D eigenvalue weighted by atomic mass is 9.99. The Balaban J connectivity index is 1.92. The molecule has 0 spiro atoms. The van der Waals surface area contributed by atoms with Gasteiger partial charge in [-0.2, -0.15) is 13.2 Å². The molecule has 31 heavy (non-hydrogen) atoms. The fourth-order valence-electron chi connectivity index (χ4n) is 3.03. The monoisotopic (exact) mass is 436 g/mol. The van der Waals surface area contributed by atoms with Crippen LogP contribution in [-0.4, -0.2) is 28.9 Å². The smallest absolute Gasteiger partial charge is 0.416 e.